The Balaban J connectivity index is 1.85. The van der Waals surface area contributed by atoms with Crippen molar-refractivity contribution >= 4 is 29.7 Å². The number of aromatic carboxylic acids is 1. The SMILES string of the molecule is C=c1[nH]n(-c2ccc(C(=O)O)cc2)c(=O)c1=Cc1ccc2c(c1)n(C)c(=O)n2C. The first-order valence-corrected chi connectivity index (χ1v) is 8.79. The number of carbonyl (C=O) groups is 1. The summed E-state index contributed by atoms with van der Waals surface area (Å²) in [4.78, 5) is 36.0. The molecule has 0 saturated heterocycles. The average Bonchev–Trinajstić information content (AvgIpc) is 3.11. The Morgan fingerprint density at radius 3 is 2.34 bits per heavy atom. The summed E-state index contributed by atoms with van der Waals surface area (Å²) in [6, 6.07) is 11.5. The van der Waals surface area contributed by atoms with Crippen LogP contribution in [0.25, 0.3) is 29.4 Å². The number of carboxylic acid groups (broad SMARTS) is 1. The maximum atomic E-state index is 12.9. The van der Waals surface area contributed by atoms with Gasteiger partial charge in [0.1, 0.15) is 0 Å². The molecule has 4 rings (SSSR count). The van der Waals surface area contributed by atoms with Gasteiger partial charge in [-0.25, -0.2) is 14.3 Å². The Hall–Kier alpha value is -4.07. The summed E-state index contributed by atoms with van der Waals surface area (Å²) in [6.45, 7) is 3.91. The second-order valence-electron chi connectivity index (χ2n) is 6.79. The van der Waals surface area contributed by atoms with Crippen LogP contribution in [-0.2, 0) is 14.1 Å². The molecule has 146 valence electrons. The van der Waals surface area contributed by atoms with Gasteiger partial charge in [0.2, 0.25) is 0 Å². The van der Waals surface area contributed by atoms with Crippen molar-refractivity contribution in [1.82, 2.24) is 18.9 Å². The average molecular weight is 390 g/mol. The molecule has 2 N–H and O–H groups in total. The van der Waals surface area contributed by atoms with Crippen molar-refractivity contribution in [2.75, 3.05) is 0 Å². The smallest absolute Gasteiger partial charge is 0.335 e. The number of hydrogen-bond donors (Lipinski definition) is 2. The maximum absolute atomic E-state index is 12.9. The Labute approximate surface area is 163 Å². The second-order valence-corrected chi connectivity index (χ2v) is 6.79. The van der Waals surface area contributed by atoms with Crippen LogP contribution in [0.15, 0.2) is 52.1 Å². The molecule has 0 amide bonds. The fourth-order valence-electron chi connectivity index (χ4n) is 3.36. The van der Waals surface area contributed by atoms with E-state index in [-0.39, 0.29) is 16.8 Å². The molecule has 29 heavy (non-hydrogen) atoms. The van der Waals surface area contributed by atoms with Gasteiger partial charge in [-0.1, -0.05) is 12.6 Å². The van der Waals surface area contributed by atoms with Gasteiger partial charge in [-0.05, 0) is 48.0 Å². The highest BCUT2D eigenvalue weighted by molar-refractivity contribution is 5.87. The van der Waals surface area contributed by atoms with Crippen molar-refractivity contribution in [3.05, 3.63) is 85.0 Å². The number of rotatable bonds is 3. The zero-order valence-electron chi connectivity index (χ0n) is 15.8. The van der Waals surface area contributed by atoms with Crippen molar-refractivity contribution in [1.29, 1.82) is 0 Å². The van der Waals surface area contributed by atoms with Gasteiger partial charge >= 0.3 is 11.7 Å². The van der Waals surface area contributed by atoms with E-state index < -0.39 is 5.97 Å². The monoisotopic (exact) mass is 390 g/mol. The highest BCUT2D eigenvalue weighted by atomic mass is 16.4. The van der Waals surface area contributed by atoms with E-state index in [1.54, 1.807) is 41.4 Å². The number of carboxylic acids is 1. The van der Waals surface area contributed by atoms with Crippen LogP contribution < -0.4 is 21.8 Å². The second kappa shape index (κ2) is 6.52. The number of aromatic amines is 1. The molecule has 8 nitrogen and oxygen atoms in total. The number of hydrogen-bond acceptors (Lipinski definition) is 3. The molecule has 0 radical (unpaired) electrons. The van der Waals surface area contributed by atoms with Crippen LogP contribution in [0.2, 0.25) is 0 Å². The van der Waals surface area contributed by atoms with Gasteiger partial charge in [0.15, 0.2) is 0 Å². The number of aromatic nitrogens is 4. The molecule has 0 spiro atoms. The van der Waals surface area contributed by atoms with Crippen LogP contribution in [0.4, 0.5) is 0 Å². The van der Waals surface area contributed by atoms with Gasteiger partial charge < -0.3 is 5.11 Å². The van der Waals surface area contributed by atoms with Crippen LogP contribution >= 0.6 is 0 Å². The number of nitrogens with one attached hydrogen (secondary N) is 1. The van der Waals surface area contributed by atoms with Crippen LogP contribution in [0.3, 0.4) is 0 Å². The molecule has 4 aromatic rings. The standard InChI is InChI=1S/C21H18N4O4/c1-12-16(10-13-4-9-17-18(11-13)24(3)21(29)23(17)2)19(26)25(22-12)15-7-5-14(6-8-15)20(27)28/h4-11,22H,1H2,2-3H3,(H,27,28). The summed E-state index contributed by atoms with van der Waals surface area (Å²) < 4.78 is 4.43. The van der Waals surface area contributed by atoms with Gasteiger partial charge in [-0.3, -0.25) is 19.0 Å². The zero-order chi connectivity index (χ0) is 20.9. The fraction of sp³-hybridized carbons (Fsp3) is 0.0952. The van der Waals surface area contributed by atoms with Crippen molar-refractivity contribution in [2.45, 2.75) is 0 Å². The van der Waals surface area contributed by atoms with E-state index in [1.807, 2.05) is 18.2 Å². The normalized spacial score (nSPS) is 12.0. The van der Waals surface area contributed by atoms with E-state index in [4.69, 9.17) is 5.11 Å². The van der Waals surface area contributed by atoms with E-state index in [1.165, 1.54) is 16.8 Å². The third-order valence-electron chi connectivity index (χ3n) is 4.98. The van der Waals surface area contributed by atoms with Gasteiger partial charge in [-0.2, -0.15) is 0 Å². The van der Waals surface area contributed by atoms with E-state index >= 15 is 0 Å². The molecule has 0 aliphatic heterocycles. The molecule has 0 aliphatic rings. The van der Waals surface area contributed by atoms with Crippen molar-refractivity contribution in [2.24, 2.45) is 14.1 Å². The lowest BCUT2D eigenvalue weighted by molar-refractivity contribution is 0.0697. The molecular weight excluding hydrogens is 372 g/mol. The van der Waals surface area contributed by atoms with Crippen LogP contribution in [0.5, 0.6) is 0 Å². The number of imidazole rings is 1. The Morgan fingerprint density at radius 1 is 1.03 bits per heavy atom. The summed E-state index contributed by atoms with van der Waals surface area (Å²) in [5.41, 5.74) is 2.53. The third-order valence-corrected chi connectivity index (χ3v) is 4.98. The fourth-order valence-corrected chi connectivity index (χ4v) is 3.36. The molecule has 2 aromatic carbocycles. The Morgan fingerprint density at radius 2 is 1.69 bits per heavy atom. The Bertz CT molecular complexity index is 1500. The highest BCUT2D eigenvalue weighted by Gasteiger charge is 2.09. The quantitative estimate of drug-likeness (QED) is 0.525. The first kappa shape index (κ1) is 18.3. The molecule has 2 aromatic heterocycles. The van der Waals surface area contributed by atoms with Gasteiger partial charge in [-0.15, -0.1) is 0 Å². The maximum Gasteiger partial charge on any atom is 0.335 e. The minimum Gasteiger partial charge on any atom is -0.478 e. The predicted octanol–water partition coefficient (Wildman–Crippen LogP) is 0.293. The largest absolute Gasteiger partial charge is 0.478 e. The Kier molecular flexibility index (Phi) is 4.11. The van der Waals surface area contributed by atoms with E-state index in [2.05, 4.69) is 11.7 Å². The molecule has 0 bridgehead atoms. The molecule has 8 heteroatoms. The van der Waals surface area contributed by atoms with Crippen LogP contribution in [0.1, 0.15) is 15.9 Å². The van der Waals surface area contributed by atoms with Crippen molar-refractivity contribution < 1.29 is 9.90 Å². The van der Waals surface area contributed by atoms with Crippen LogP contribution in [0, 0.1) is 0 Å². The van der Waals surface area contributed by atoms with Crippen molar-refractivity contribution in [3.8, 4) is 5.69 Å². The molecule has 2 heterocycles. The summed E-state index contributed by atoms with van der Waals surface area (Å²) >= 11 is 0. The number of H-pyrrole nitrogens is 1. The van der Waals surface area contributed by atoms with Gasteiger partial charge in [0.05, 0.1) is 32.9 Å². The van der Waals surface area contributed by atoms with Crippen LogP contribution in [-0.4, -0.2) is 30.0 Å². The molecule has 0 fully saturated rings. The molecule has 0 aliphatic carbocycles. The predicted molar refractivity (Wildman–Crippen MR) is 110 cm³/mol. The lowest BCUT2D eigenvalue weighted by Gasteiger charge is -2.01. The topological polar surface area (TPSA) is 102 Å². The molecule has 0 saturated carbocycles. The lowest BCUT2D eigenvalue weighted by Crippen LogP contribution is -2.33. The highest BCUT2D eigenvalue weighted by Crippen LogP contribution is 2.14. The van der Waals surface area contributed by atoms with Gasteiger partial charge in [0, 0.05) is 14.1 Å². The minimum absolute atomic E-state index is 0.121. The van der Waals surface area contributed by atoms with Gasteiger partial charge in [0.25, 0.3) is 5.56 Å². The number of aryl methyl sites for hydroxylation is 2. The van der Waals surface area contributed by atoms with E-state index in [9.17, 15) is 14.4 Å². The molecule has 0 unspecified atom stereocenters. The summed E-state index contributed by atoms with van der Waals surface area (Å²) in [7, 11) is 3.41. The van der Waals surface area contributed by atoms with Crippen molar-refractivity contribution in [3.63, 3.8) is 0 Å². The first-order chi connectivity index (χ1) is 13.8. The first-order valence-electron chi connectivity index (χ1n) is 8.79. The molecule has 0 atom stereocenters. The number of fused-ring (bicyclic) bond motifs is 1. The summed E-state index contributed by atoms with van der Waals surface area (Å²) in [5.74, 6) is -1.03. The minimum atomic E-state index is -1.03. The third kappa shape index (κ3) is 2.91. The number of benzene rings is 2. The van der Waals surface area contributed by atoms with E-state index in [0.717, 1.165) is 16.6 Å². The summed E-state index contributed by atoms with van der Waals surface area (Å²) in [6.07, 6.45) is 1.71. The van der Waals surface area contributed by atoms with E-state index in [0.29, 0.717) is 16.3 Å². The zero-order valence-corrected chi connectivity index (χ0v) is 15.8. The number of nitrogens with zero attached hydrogens (tertiary/aromatic N) is 3. The summed E-state index contributed by atoms with van der Waals surface area (Å²) in [5, 5.41) is 12.7. The molecular formula is C21H18N4O4. The lowest BCUT2D eigenvalue weighted by atomic mass is 10.1.